The first-order chi connectivity index (χ1) is 8.53. The Morgan fingerprint density at radius 2 is 2.11 bits per heavy atom. The van der Waals surface area contributed by atoms with Gasteiger partial charge in [-0.2, -0.15) is 0 Å². The van der Waals surface area contributed by atoms with Crippen LogP contribution in [0.5, 0.6) is 0 Å². The Hall–Kier alpha value is -1.53. The molecule has 0 saturated carbocycles. The van der Waals surface area contributed by atoms with Gasteiger partial charge < -0.3 is 5.73 Å². The van der Waals surface area contributed by atoms with Crippen molar-refractivity contribution in [3.8, 4) is 0 Å². The molecule has 3 N–H and O–H groups in total. The standard InChI is InChI=1S/C12H14N2O2S2/c1-2-9-5-6-10(8-11(9)13)14-18(15,16)12-4-3-7-17-12/h3-8,14H,2,13H2,1H3. The molecule has 0 bridgehead atoms. The molecule has 1 heterocycles. The monoisotopic (exact) mass is 282 g/mol. The highest BCUT2D eigenvalue weighted by molar-refractivity contribution is 7.94. The van der Waals surface area contributed by atoms with Crippen LogP contribution in [0.15, 0.2) is 39.9 Å². The maximum Gasteiger partial charge on any atom is 0.271 e. The van der Waals surface area contributed by atoms with Gasteiger partial charge in [-0.1, -0.05) is 19.1 Å². The molecule has 0 spiro atoms. The molecule has 0 aliphatic rings. The van der Waals surface area contributed by atoms with Crippen LogP contribution >= 0.6 is 11.3 Å². The molecule has 1 aromatic carbocycles. The Morgan fingerprint density at radius 3 is 2.67 bits per heavy atom. The number of hydrogen-bond acceptors (Lipinski definition) is 4. The first-order valence-corrected chi connectivity index (χ1v) is 7.84. The summed E-state index contributed by atoms with van der Waals surface area (Å²) in [6.07, 6.45) is 0.823. The molecule has 4 nitrogen and oxygen atoms in total. The van der Waals surface area contributed by atoms with Crippen LogP contribution in [0.25, 0.3) is 0 Å². The second kappa shape index (κ2) is 4.99. The molecule has 0 aliphatic heterocycles. The number of thiophene rings is 1. The summed E-state index contributed by atoms with van der Waals surface area (Å²) in [5, 5.41) is 1.73. The average Bonchev–Trinajstić information content (AvgIpc) is 2.82. The number of nitrogen functional groups attached to an aromatic ring is 1. The van der Waals surface area contributed by atoms with E-state index in [0.717, 1.165) is 12.0 Å². The molecule has 0 radical (unpaired) electrons. The lowest BCUT2D eigenvalue weighted by Gasteiger charge is -2.09. The molecule has 0 amide bonds. The van der Waals surface area contributed by atoms with Gasteiger partial charge in [-0.15, -0.1) is 11.3 Å². The highest BCUT2D eigenvalue weighted by Crippen LogP contribution is 2.23. The normalized spacial score (nSPS) is 11.4. The van der Waals surface area contributed by atoms with Gasteiger partial charge in [0.15, 0.2) is 0 Å². The van der Waals surface area contributed by atoms with Crippen LogP contribution in [-0.2, 0) is 16.4 Å². The van der Waals surface area contributed by atoms with E-state index in [9.17, 15) is 8.42 Å². The van der Waals surface area contributed by atoms with Crippen LogP contribution in [-0.4, -0.2) is 8.42 Å². The largest absolute Gasteiger partial charge is 0.398 e. The molecular weight excluding hydrogens is 268 g/mol. The Bertz CT molecular complexity index is 634. The van der Waals surface area contributed by atoms with Gasteiger partial charge in [-0.3, -0.25) is 4.72 Å². The van der Waals surface area contributed by atoms with Crippen LogP contribution < -0.4 is 10.5 Å². The Kier molecular flexibility index (Phi) is 3.58. The van der Waals surface area contributed by atoms with Gasteiger partial charge in [0.05, 0.1) is 5.69 Å². The lowest BCUT2D eigenvalue weighted by Crippen LogP contribution is -2.11. The van der Waals surface area contributed by atoms with Crippen molar-refractivity contribution in [2.75, 3.05) is 10.5 Å². The Morgan fingerprint density at radius 1 is 1.33 bits per heavy atom. The van der Waals surface area contributed by atoms with Gasteiger partial charge in [0.2, 0.25) is 0 Å². The van der Waals surface area contributed by atoms with Gasteiger partial charge >= 0.3 is 0 Å². The van der Waals surface area contributed by atoms with Crippen molar-refractivity contribution in [3.05, 3.63) is 41.3 Å². The number of nitrogens with two attached hydrogens (primary N) is 1. The van der Waals surface area contributed by atoms with Crippen molar-refractivity contribution in [1.82, 2.24) is 0 Å². The minimum atomic E-state index is -3.49. The second-order valence-corrected chi connectivity index (χ2v) is 6.66. The quantitative estimate of drug-likeness (QED) is 0.847. The van der Waals surface area contributed by atoms with Gasteiger partial charge in [0, 0.05) is 5.69 Å². The minimum absolute atomic E-state index is 0.292. The number of benzene rings is 1. The third-order valence-corrected chi connectivity index (χ3v) is 5.32. The van der Waals surface area contributed by atoms with Crippen LogP contribution in [0.1, 0.15) is 12.5 Å². The van der Waals surface area contributed by atoms with Crippen molar-refractivity contribution in [2.24, 2.45) is 0 Å². The van der Waals surface area contributed by atoms with E-state index in [-0.39, 0.29) is 0 Å². The van der Waals surface area contributed by atoms with E-state index in [0.29, 0.717) is 15.6 Å². The molecule has 0 fully saturated rings. The smallest absolute Gasteiger partial charge is 0.271 e. The highest BCUT2D eigenvalue weighted by atomic mass is 32.2. The summed E-state index contributed by atoms with van der Waals surface area (Å²) >= 11 is 1.18. The summed E-state index contributed by atoms with van der Waals surface area (Å²) < 4.78 is 26.8. The van der Waals surface area contributed by atoms with Crippen molar-refractivity contribution in [3.63, 3.8) is 0 Å². The molecule has 6 heteroatoms. The zero-order valence-electron chi connectivity index (χ0n) is 9.88. The number of anilines is 2. The number of sulfonamides is 1. The van der Waals surface area contributed by atoms with E-state index < -0.39 is 10.0 Å². The van der Waals surface area contributed by atoms with Gasteiger partial charge in [-0.05, 0) is 35.6 Å². The second-order valence-electron chi connectivity index (χ2n) is 3.80. The van der Waals surface area contributed by atoms with Gasteiger partial charge in [0.1, 0.15) is 4.21 Å². The summed E-state index contributed by atoms with van der Waals surface area (Å²) in [5.74, 6) is 0. The molecule has 2 aromatic rings. The molecule has 18 heavy (non-hydrogen) atoms. The number of rotatable bonds is 4. The predicted molar refractivity (Wildman–Crippen MR) is 75.4 cm³/mol. The average molecular weight is 282 g/mol. The van der Waals surface area contributed by atoms with E-state index in [1.807, 2.05) is 13.0 Å². The van der Waals surface area contributed by atoms with E-state index in [1.165, 1.54) is 11.3 Å². The van der Waals surface area contributed by atoms with Gasteiger partial charge in [-0.25, -0.2) is 8.42 Å². The summed E-state index contributed by atoms with van der Waals surface area (Å²) in [5.41, 5.74) is 7.93. The van der Waals surface area contributed by atoms with Crippen LogP contribution in [0, 0.1) is 0 Å². The molecular formula is C12H14N2O2S2. The molecule has 1 aromatic heterocycles. The zero-order chi connectivity index (χ0) is 13.2. The number of aryl methyl sites for hydroxylation is 1. The summed E-state index contributed by atoms with van der Waals surface area (Å²) in [6, 6.07) is 8.47. The maximum atomic E-state index is 12.0. The van der Waals surface area contributed by atoms with Crippen molar-refractivity contribution >= 4 is 32.7 Å². The van der Waals surface area contributed by atoms with Crippen molar-refractivity contribution in [2.45, 2.75) is 17.6 Å². The lowest BCUT2D eigenvalue weighted by atomic mass is 10.1. The van der Waals surface area contributed by atoms with Gasteiger partial charge in [0.25, 0.3) is 10.0 Å². The minimum Gasteiger partial charge on any atom is -0.398 e. The topological polar surface area (TPSA) is 72.2 Å². The molecule has 0 saturated heterocycles. The van der Waals surface area contributed by atoms with E-state index in [4.69, 9.17) is 5.73 Å². The Balaban J connectivity index is 2.27. The first-order valence-electron chi connectivity index (χ1n) is 5.47. The molecule has 0 atom stereocenters. The SMILES string of the molecule is CCc1ccc(NS(=O)(=O)c2cccs2)cc1N. The molecule has 0 aliphatic carbocycles. The summed E-state index contributed by atoms with van der Waals surface area (Å²) in [4.78, 5) is 0. The molecule has 96 valence electrons. The van der Waals surface area contributed by atoms with E-state index in [2.05, 4.69) is 4.72 Å². The summed E-state index contributed by atoms with van der Waals surface area (Å²) in [6.45, 7) is 2.00. The van der Waals surface area contributed by atoms with Crippen molar-refractivity contribution in [1.29, 1.82) is 0 Å². The van der Waals surface area contributed by atoms with Crippen LogP contribution in [0.2, 0.25) is 0 Å². The fraction of sp³-hybridized carbons (Fsp3) is 0.167. The van der Waals surface area contributed by atoms with Crippen molar-refractivity contribution < 1.29 is 8.42 Å². The third kappa shape index (κ3) is 2.65. The highest BCUT2D eigenvalue weighted by Gasteiger charge is 2.15. The number of hydrogen-bond donors (Lipinski definition) is 2. The molecule has 0 unspecified atom stereocenters. The Labute approximate surface area is 111 Å². The fourth-order valence-electron chi connectivity index (χ4n) is 1.60. The van der Waals surface area contributed by atoms with E-state index in [1.54, 1.807) is 29.6 Å². The van der Waals surface area contributed by atoms with E-state index >= 15 is 0 Å². The number of nitrogens with one attached hydrogen (secondary N) is 1. The molecule has 2 rings (SSSR count). The predicted octanol–water partition coefficient (Wildman–Crippen LogP) is 2.69. The first kappa shape index (κ1) is 12.9. The lowest BCUT2D eigenvalue weighted by molar-refractivity contribution is 0.603. The maximum absolute atomic E-state index is 12.0. The zero-order valence-corrected chi connectivity index (χ0v) is 11.5. The fourth-order valence-corrected chi connectivity index (χ4v) is 3.64. The van der Waals surface area contributed by atoms with Crippen LogP contribution in [0.4, 0.5) is 11.4 Å². The third-order valence-electron chi connectivity index (χ3n) is 2.54. The summed E-state index contributed by atoms with van der Waals surface area (Å²) in [7, 11) is -3.49. The van der Waals surface area contributed by atoms with Crippen LogP contribution in [0.3, 0.4) is 0 Å².